The number of aliphatic hydroxyl groups is 1. The van der Waals surface area contributed by atoms with Crippen LogP contribution in [0.4, 0.5) is 16.0 Å². The molecule has 4 aromatic heterocycles. The molecule has 1 saturated carbocycles. The van der Waals surface area contributed by atoms with Gasteiger partial charge in [-0.25, -0.2) is 33.9 Å². The number of hydrogen-bond donors (Lipinski definition) is 6. The Labute approximate surface area is 249 Å². The van der Waals surface area contributed by atoms with E-state index in [0.717, 1.165) is 6.33 Å². The van der Waals surface area contributed by atoms with Gasteiger partial charge in [0.2, 0.25) is 0 Å². The van der Waals surface area contributed by atoms with Gasteiger partial charge in [-0.1, -0.05) is 12.2 Å². The molecule has 43 heavy (non-hydrogen) atoms. The molecular weight excluding hydrogens is 653 g/mol. The zero-order valence-electron chi connectivity index (χ0n) is 21.5. The van der Waals surface area contributed by atoms with Crippen LogP contribution in [0, 0.1) is 0 Å². The summed E-state index contributed by atoms with van der Waals surface area (Å²) >= 11 is 9.55. The summed E-state index contributed by atoms with van der Waals surface area (Å²) in [5, 5.41) is 13.8. The molecule has 7 rings (SSSR count). The molecule has 0 amide bonds. The highest BCUT2D eigenvalue weighted by atomic mass is 32.7. The predicted octanol–water partition coefficient (Wildman–Crippen LogP) is 0.174. The molecule has 230 valence electrons. The molecule has 0 spiro atoms. The van der Waals surface area contributed by atoms with Crippen molar-refractivity contribution in [2.24, 2.45) is 0 Å². The first-order chi connectivity index (χ1) is 20.4. The minimum atomic E-state index is -4.31. The van der Waals surface area contributed by atoms with Gasteiger partial charge >= 0.3 is 6.80 Å². The van der Waals surface area contributed by atoms with E-state index in [1.54, 1.807) is 0 Å². The van der Waals surface area contributed by atoms with E-state index in [0.29, 0.717) is 0 Å². The normalized spacial score (nSPS) is 38.3. The zero-order chi connectivity index (χ0) is 30.4. The Kier molecular flexibility index (Phi) is 6.93. The van der Waals surface area contributed by atoms with Crippen molar-refractivity contribution in [3.8, 4) is 0 Å². The first-order valence-electron chi connectivity index (χ1n) is 12.6. The second-order valence-electron chi connectivity index (χ2n) is 10.2. The molecule has 6 heterocycles. The van der Waals surface area contributed by atoms with E-state index in [-0.39, 0.29) is 40.3 Å². The number of nitrogens with zero attached hydrogens (tertiary/aromatic N) is 7. The number of fused-ring (bicyclic) bond motifs is 5. The number of ether oxygens (including phenoxy) is 1. The summed E-state index contributed by atoms with van der Waals surface area (Å²) < 4.78 is 55.3. The third kappa shape index (κ3) is 4.70. The molecule has 3 aliphatic rings. The lowest BCUT2D eigenvalue weighted by Gasteiger charge is -2.30. The van der Waals surface area contributed by atoms with Crippen molar-refractivity contribution >= 4 is 71.2 Å². The molecule has 3 fully saturated rings. The smallest absolute Gasteiger partial charge is 0.386 e. The van der Waals surface area contributed by atoms with Gasteiger partial charge in [0.05, 0.1) is 36.8 Å². The summed E-state index contributed by atoms with van der Waals surface area (Å²) in [6.07, 6.45) is -5.54. The van der Waals surface area contributed by atoms with Gasteiger partial charge in [0, 0.05) is 6.42 Å². The monoisotopic (exact) mass is 676 g/mol. The number of nitrogens with two attached hydrogens (primary N) is 2. The first kappa shape index (κ1) is 29.1. The number of aliphatic hydroxyl groups excluding tert-OH is 1. The molecule has 2 aliphatic heterocycles. The van der Waals surface area contributed by atoms with Gasteiger partial charge in [0.15, 0.2) is 36.0 Å². The van der Waals surface area contributed by atoms with Crippen LogP contribution in [0.5, 0.6) is 0 Å². The molecule has 1 aliphatic carbocycles. The maximum atomic E-state index is 16.3. The lowest BCUT2D eigenvalue weighted by Crippen LogP contribution is -2.36. The number of nitrogen functional groups attached to an aromatic ring is 2. The lowest BCUT2D eigenvalue weighted by molar-refractivity contribution is -0.0359. The van der Waals surface area contributed by atoms with Crippen LogP contribution >= 0.6 is 25.5 Å². The highest BCUT2D eigenvalue weighted by molar-refractivity contribution is 8.44. The molecule has 18 nitrogen and oxygen atoms in total. The number of nitrogens with one attached hydrogen (secondary N) is 1. The number of aromatic nitrogens is 8. The zero-order valence-corrected chi connectivity index (χ0v) is 25.0. The third-order valence-corrected chi connectivity index (χ3v) is 12.3. The predicted molar refractivity (Wildman–Crippen MR) is 153 cm³/mol. The number of anilines is 2. The Morgan fingerprint density at radius 2 is 1.84 bits per heavy atom. The number of halogens is 1. The van der Waals surface area contributed by atoms with Crippen LogP contribution in [0.25, 0.3) is 22.2 Å². The minimum absolute atomic E-state index is 0.0184. The van der Waals surface area contributed by atoms with Crippen molar-refractivity contribution < 1.29 is 37.3 Å². The number of hydrogen-bond acceptors (Lipinski definition) is 15. The summed E-state index contributed by atoms with van der Waals surface area (Å²) in [7, 11) is 0. The summed E-state index contributed by atoms with van der Waals surface area (Å²) in [5.74, 6) is -0.0299. The van der Waals surface area contributed by atoms with Gasteiger partial charge in [0.25, 0.3) is 5.56 Å². The van der Waals surface area contributed by atoms with Crippen LogP contribution in [-0.4, -0.2) is 92.1 Å². The topological polar surface area (TPSA) is 254 Å². The molecule has 4 aromatic rings. The fourth-order valence-electron chi connectivity index (χ4n) is 5.82. The second-order valence-corrected chi connectivity index (χ2v) is 16.6. The fraction of sp³-hybridized carbons (Fsp3) is 0.500. The van der Waals surface area contributed by atoms with Crippen molar-refractivity contribution in [2.75, 3.05) is 18.1 Å². The number of thiol groups is 1. The number of aromatic amines is 1. The maximum Gasteiger partial charge on any atom is 0.386 e. The molecular formula is C20H23FN10O8P2S2. The van der Waals surface area contributed by atoms with Crippen molar-refractivity contribution in [2.45, 2.75) is 54.9 Å². The molecule has 7 N–H and O–H groups in total. The quantitative estimate of drug-likeness (QED) is 0.122. The van der Waals surface area contributed by atoms with Gasteiger partial charge in [-0.3, -0.25) is 28.2 Å². The molecule has 2 bridgehead atoms. The van der Waals surface area contributed by atoms with E-state index < -0.39 is 74.0 Å². The van der Waals surface area contributed by atoms with E-state index in [1.165, 1.54) is 21.9 Å². The lowest BCUT2D eigenvalue weighted by atomic mass is 10.2. The number of H-pyrrole nitrogens is 1. The number of alkyl halides is 1. The van der Waals surface area contributed by atoms with Crippen LogP contribution in [0.1, 0.15) is 18.7 Å². The number of rotatable bonds is 2. The van der Waals surface area contributed by atoms with Crippen molar-refractivity contribution in [3.05, 3.63) is 29.3 Å². The average Bonchev–Trinajstić information content (AvgIpc) is 3.67. The molecule has 2 unspecified atom stereocenters. The van der Waals surface area contributed by atoms with Crippen LogP contribution in [0.3, 0.4) is 0 Å². The van der Waals surface area contributed by atoms with E-state index in [9.17, 15) is 19.4 Å². The highest BCUT2D eigenvalue weighted by Crippen LogP contribution is 2.63. The third-order valence-electron chi connectivity index (χ3n) is 7.71. The molecule has 0 aromatic carbocycles. The van der Waals surface area contributed by atoms with Crippen LogP contribution < -0.4 is 17.0 Å². The Morgan fingerprint density at radius 1 is 1.12 bits per heavy atom. The first-order valence-corrected chi connectivity index (χ1v) is 18.1. The summed E-state index contributed by atoms with van der Waals surface area (Å²) in [6.45, 7) is -9.08. The van der Waals surface area contributed by atoms with Crippen molar-refractivity contribution in [1.82, 2.24) is 39.3 Å². The minimum Gasteiger partial charge on any atom is -0.388 e. The SMILES string of the molecule is Nc1ncnc2c1ncn2[C@@H]1O[C@@H]2COP(=O)(S)O[C@@H]3[C@H](O)[C@H](C[C@H]3n3[nH]c(=O)c4c(N)ncnc43)OP(O)(=S)[C@H]2[C@H]1F. The Balaban J connectivity index is 1.27. The molecule has 10 atom stereocenters. The Hall–Kier alpha value is -2.58. The van der Waals surface area contributed by atoms with E-state index >= 15 is 4.39 Å². The Morgan fingerprint density at radius 3 is 2.60 bits per heavy atom. The van der Waals surface area contributed by atoms with Crippen molar-refractivity contribution in [1.29, 1.82) is 0 Å². The second kappa shape index (κ2) is 10.2. The largest absolute Gasteiger partial charge is 0.388 e. The van der Waals surface area contributed by atoms with Crippen LogP contribution in [0.2, 0.25) is 0 Å². The summed E-state index contributed by atoms with van der Waals surface area (Å²) in [5.41, 5.74) is 10.0. The fourth-order valence-corrected chi connectivity index (χ4v) is 10.2. The summed E-state index contributed by atoms with van der Waals surface area (Å²) in [4.78, 5) is 44.3. The molecule has 0 radical (unpaired) electrons. The van der Waals surface area contributed by atoms with Gasteiger partial charge < -0.3 is 30.7 Å². The molecule has 23 heteroatoms. The van der Waals surface area contributed by atoms with E-state index in [1.807, 2.05) is 0 Å². The molecule has 2 saturated heterocycles. The van der Waals surface area contributed by atoms with E-state index in [4.69, 9.17) is 41.6 Å². The van der Waals surface area contributed by atoms with E-state index in [2.05, 4.69) is 42.3 Å². The maximum absolute atomic E-state index is 16.3. The van der Waals surface area contributed by atoms with Crippen LogP contribution in [-0.2, 0) is 34.7 Å². The van der Waals surface area contributed by atoms with Gasteiger partial charge in [-0.05, 0) is 11.8 Å². The van der Waals surface area contributed by atoms with Gasteiger partial charge in [-0.2, -0.15) is 0 Å². The van der Waals surface area contributed by atoms with Crippen LogP contribution in [0.15, 0.2) is 23.8 Å². The number of imidazole rings is 1. The standard InChI is InChI=1S/C20H23FN10O8P2S2/c21-10-14-8(37-20(10)30-5-28-11-16(23)25-4-27-18(11)30)2-36-41(35,43)39-13-6(1-7(12(13)32)38-40(14,34)42)31-17-9(19(33)29-31)15(22)24-3-26-17/h3-8,10,12-14,20,32H,1-2H2,(H,29,33)(H,34,42)(H,35,43)(H2,22,24,26)(H2,23,25,27)/t6-,7+,8-,10-,12-,13+,14-,20-,40?,41?/m1/s1. The van der Waals surface area contributed by atoms with Gasteiger partial charge in [-0.15, -0.1) is 0 Å². The van der Waals surface area contributed by atoms with Crippen molar-refractivity contribution in [3.63, 3.8) is 0 Å². The Bertz CT molecular complexity index is 1910. The van der Waals surface area contributed by atoms with Gasteiger partial charge in [0.1, 0.15) is 41.6 Å². The average molecular weight is 677 g/mol. The summed E-state index contributed by atoms with van der Waals surface area (Å²) in [6, 6.07) is -0.995. The highest BCUT2D eigenvalue weighted by Gasteiger charge is 2.58.